The standard InChI is InChI=1S/C8H9O.2Li/c1-2-7-5-3-4-6-8(7)9;;/h3-6,9H,1-2H2;;/q;;+1/p-1. The predicted octanol–water partition coefficient (Wildman–Crippen LogP) is -2.24. The van der Waals surface area contributed by atoms with Crippen molar-refractivity contribution in [2.75, 3.05) is 0 Å². The van der Waals surface area contributed by atoms with E-state index >= 15 is 0 Å². The Labute approximate surface area is 91.6 Å². The third-order valence-electron chi connectivity index (χ3n) is 1.24. The van der Waals surface area contributed by atoms with E-state index in [0.717, 1.165) is 5.56 Å². The minimum absolute atomic E-state index is 0. The molecule has 48 valence electrons. The van der Waals surface area contributed by atoms with E-state index in [-0.39, 0.29) is 43.5 Å². The van der Waals surface area contributed by atoms with Gasteiger partial charge in [-0.05, 0) is 13.3 Å². The van der Waals surface area contributed by atoms with Crippen LogP contribution in [0.1, 0.15) is 5.56 Å². The second kappa shape index (κ2) is 6.90. The van der Waals surface area contributed by atoms with Gasteiger partial charge in [-0.15, -0.1) is 5.75 Å². The molecule has 1 aromatic rings. The van der Waals surface area contributed by atoms with E-state index in [9.17, 15) is 5.11 Å². The minimum Gasteiger partial charge on any atom is -0.872 e. The fraction of sp³-hybridized carbons (Fsp3) is 0.125. The molecule has 1 nitrogen and oxygen atoms in total. The van der Waals surface area contributed by atoms with Crippen molar-refractivity contribution in [1.29, 1.82) is 0 Å². The number of para-hydroxylation sites is 1. The molecule has 0 saturated carbocycles. The quantitative estimate of drug-likeness (QED) is 0.398. The smallest absolute Gasteiger partial charge is 0.872 e. The van der Waals surface area contributed by atoms with Crippen LogP contribution >= 0.6 is 0 Å². The number of hydrogen-bond donors (Lipinski definition) is 0. The molecule has 1 aromatic carbocycles. The van der Waals surface area contributed by atoms with Crippen LogP contribution in [-0.2, 0) is 6.42 Å². The molecule has 0 atom stereocenters. The maximum absolute atomic E-state index is 10.8. The Morgan fingerprint density at radius 3 is 2.18 bits per heavy atom. The summed E-state index contributed by atoms with van der Waals surface area (Å²) in [5.74, 6) is 0.0903. The van der Waals surface area contributed by atoms with E-state index in [0.29, 0.717) is 6.42 Å². The van der Waals surface area contributed by atoms with Crippen LogP contribution in [0, 0.1) is 6.92 Å². The second-order valence-electron chi connectivity index (χ2n) is 1.86. The second-order valence-corrected chi connectivity index (χ2v) is 1.86. The van der Waals surface area contributed by atoms with Gasteiger partial charge in [0.25, 0.3) is 0 Å². The fourth-order valence-corrected chi connectivity index (χ4v) is 0.710. The summed E-state index contributed by atoms with van der Waals surface area (Å²) in [6.07, 6.45) is 0.583. The van der Waals surface area contributed by atoms with Gasteiger partial charge in [-0.2, -0.15) is 0 Å². The van der Waals surface area contributed by atoms with Crippen molar-refractivity contribution in [2.24, 2.45) is 0 Å². The molecule has 0 saturated heterocycles. The van der Waals surface area contributed by atoms with Crippen molar-refractivity contribution in [3.8, 4) is 5.75 Å². The largest absolute Gasteiger partial charge is 1.00 e. The summed E-state index contributed by atoms with van der Waals surface area (Å²) >= 11 is 0. The van der Waals surface area contributed by atoms with E-state index in [4.69, 9.17) is 0 Å². The van der Waals surface area contributed by atoms with Gasteiger partial charge in [0.15, 0.2) is 0 Å². The molecule has 3 heteroatoms. The molecule has 0 fully saturated rings. The summed E-state index contributed by atoms with van der Waals surface area (Å²) in [7, 11) is 0. The monoisotopic (exact) mass is 134 g/mol. The van der Waals surface area contributed by atoms with Gasteiger partial charge in [0, 0.05) is 18.9 Å². The fourth-order valence-electron chi connectivity index (χ4n) is 0.710. The van der Waals surface area contributed by atoms with Gasteiger partial charge in [-0.3, -0.25) is 0 Å². The van der Waals surface area contributed by atoms with Crippen LogP contribution in [0.2, 0.25) is 0 Å². The Kier molecular flexibility index (Phi) is 8.64. The molecule has 1 rings (SSSR count). The molecule has 0 amide bonds. The van der Waals surface area contributed by atoms with Crippen LogP contribution in [0.15, 0.2) is 24.3 Å². The van der Waals surface area contributed by atoms with Gasteiger partial charge < -0.3 is 5.11 Å². The molecule has 0 spiro atoms. The number of benzene rings is 1. The van der Waals surface area contributed by atoms with E-state index in [1.54, 1.807) is 18.2 Å². The first-order valence-electron chi connectivity index (χ1n) is 2.89. The molecule has 0 heterocycles. The maximum Gasteiger partial charge on any atom is 1.00 e. The molecule has 0 aliphatic heterocycles. The van der Waals surface area contributed by atoms with Crippen molar-refractivity contribution in [2.45, 2.75) is 6.42 Å². The van der Waals surface area contributed by atoms with Crippen molar-refractivity contribution >= 4 is 18.9 Å². The van der Waals surface area contributed by atoms with Gasteiger partial charge in [0.2, 0.25) is 0 Å². The Balaban J connectivity index is 0. The Morgan fingerprint density at radius 2 is 1.82 bits per heavy atom. The number of rotatable bonds is 1. The molecule has 0 aromatic heterocycles. The normalized spacial score (nSPS) is 7.73. The molecule has 0 N–H and O–H groups in total. The molecule has 0 aliphatic carbocycles. The topological polar surface area (TPSA) is 23.1 Å². The zero-order valence-corrected chi connectivity index (χ0v) is 7.13. The van der Waals surface area contributed by atoms with Gasteiger partial charge in [-0.1, -0.05) is 29.8 Å². The predicted molar refractivity (Wildman–Crippen MR) is 40.7 cm³/mol. The summed E-state index contributed by atoms with van der Waals surface area (Å²) in [4.78, 5) is 0. The zero-order valence-electron chi connectivity index (χ0n) is 7.13. The first-order valence-corrected chi connectivity index (χ1v) is 2.89. The summed E-state index contributed by atoms with van der Waals surface area (Å²) < 4.78 is 0. The molecular weight excluding hydrogens is 126 g/mol. The van der Waals surface area contributed by atoms with E-state index in [2.05, 4.69) is 6.92 Å². The van der Waals surface area contributed by atoms with E-state index in [1.165, 1.54) is 0 Å². The maximum atomic E-state index is 10.8. The Bertz CT molecular complexity index is 201. The third-order valence-corrected chi connectivity index (χ3v) is 1.24. The van der Waals surface area contributed by atoms with Crippen LogP contribution in [0.4, 0.5) is 0 Å². The summed E-state index contributed by atoms with van der Waals surface area (Å²) in [6.45, 7) is 3.62. The average molecular weight is 134 g/mol. The summed E-state index contributed by atoms with van der Waals surface area (Å²) in [5, 5.41) is 10.8. The van der Waals surface area contributed by atoms with Crippen LogP contribution in [-0.4, -0.2) is 18.9 Å². The number of hydrogen-bond acceptors (Lipinski definition) is 1. The Hall–Kier alpha value is 0.215. The van der Waals surface area contributed by atoms with Crippen LogP contribution in [0.3, 0.4) is 0 Å². The van der Waals surface area contributed by atoms with Crippen molar-refractivity contribution in [1.82, 2.24) is 0 Å². The molecule has 11 heavy (non-hydrogen) atoms. The molecule has 0 bridgehead atoms. The summed E-state index contributed by atoms with van der Waals surface area (Å²) in [6, 6.07) is 6.94. The van der Waals surface area contributed by atoms with Gasteiger partial charge in [0.1, 0.15) is 0 Å². The van der Waals surface area contributed by atoms with Crippen molar-refractivity contribution in [3.05, 3.63) is 36.8 Å². The van der Waals surface area contributed by atoms with Gasteiger partial charge in [-0.25, -0.2) is 0 Å². The molecular formula is C8H8Li2O. The van der Waals surface area contributed by atoms with Crippen LogP contribution in [0.5, 0.6) is 5.75 Å². The van der Waals surface area contributed by atoms with Crippen LogP contribution < -0.4 is 24.0 Å². The molecule has 0 unspecified atom stereocenters. The van der Waals surface area contributed by atoms with Crippen LogP contribution in [0.25, 0.3) is 0 Å². The van der Waals surface area contributed by atoms with E-state index in [1.807, 2.05) is 6.07 Å². The zero-order chi connectivity index (χ0) is 6.69. The van der Waals surface area contributed by atoms with Crippen molar-refractivity contribution < 1.29 is 24.0 Å². The molecule has 0 aliphatic rings. The van der Waals surface area contributed by atoms with E-state index < -0.39 is 0 Å². The minimum atomic E-state index is 0. The van der Waals surface area contributed by atoms with Crippen molar-refractivity contribution in [3.63, 3.8) is 0 Å². The molecule has 2 radical (unpaired) electrons. The third kappa shape index (κ3) is 3.95. The van der Waals surface area contributed by atoms with Gasteiger partial charge >= 0.3 is 18.9 Å². The first kappa shape index (κ1) is 13.8. The summed E-state index contributed by atoms with van der Waals surface area (Å²) in [5.41, 5.74) is 0.789. The average Bonchev–Trinajstić information content (AvgIpc) is 1.89. The van der Waals surface area contributed by atoms with Gasteiger partial charge in [0.05, 0.1) is 0 Å². The SMILES string of the molecule is [CH2]Cc1ccccc1[O-].[Li+].[Li]. The first-order chi connectivity index (χ1) is 4.34. The Morgan fingerprint density at radius 1 is 1.27 bits per heavy atom.